The number of urea groups is 1. The van der Waals surface area contributed by atoms with Crippen molar-refractivity contribution >= 4 is 24.3 Å². The van der Waals surface area contributed by atoms with Crippen molar-refractivity contribution < 1.29 is 14.1 Å². The van der Waals surface area contributed by atoms with Crippen LogP contribution in [0.5, 0.6) is 5.75 Å². The van der Waals surface area contributed by atoms with Gasteiger partial charge in [-0.3, -0.25) is 4.57 Å². The van der Waals surface area contributed by atoms with E-state index in [4.69, 9.17) is 4.74 Å². The van der Waals surface area contributed by atoms with Crippen molar-refractivity contribution in [1.82, 2.24) is 5.32 Å². The molecule has 27 heavy (non-hydrogen) atoms. The quantitative estimate of drug-likeness (QED) is 0.679. The number of benzene rings is 3. The van der Waals surface area contributed by atoms with E-state index in [0.717, 1.165) is 5.56 Å². The first kappa shape index (κ1) is 17.4. The predicted octanol–water partition coefficient (Wildman–Crippen LogP) is 4.53. The van der Waals surface area contributed by atoms with Crippen LogP contribution in [0.4, 0.5) is 10.5 Å². The summed E-state index contributed by atoms with van der Waals surface area (Å²) in [5, 5.41) is 3.56. The van der Waals surface area contributed by atoms with Crippen molar-refractivity contribution in [3.63, 3.8) is 0 Å². The predicted molar refractivity (Wildman–Crippen MR) is 107 cm³/mol. The van der Waals surface area contributed by atoms with E-state index < -0.39 is 13.1 Å². The molecule has 2 amide bonds. The monoisotopic (exact) mass is 378 g/mol. The summed E-state index contributed by atoms with van der Waals surface area (Å²) in [6.45, 7) is 0. The summed E-state index contributed by atoms with van der Waals surface area (Å²) in [4.78, 5) is 12.9. The summed E-state index contributed by atoms with van der Waals surface area (Å²) in [6.07, 6.45) is 0. The smallest absolute Gasteiger partial charge is 0.328 e. The Bertz CT molecular complexity index is 991. The first-order valence-corrected chi connectivity index (χ1v) is 10.3. The molecule has 1 aliphatic rings. The first-order valence-electron chi connectivity index (χ1n) is 8.60. The van der Waals surface area contributed by atoms with Gasteiger partial charge in [-0.2, -0.15) is 0 Å². The number of para-hydroxylation sites is 1. The van der Waals surface area contributed by atoms with Crippen molar-refractivity contribution in [3.05, 3.63) is 90.5 Å². The molecular weight excluding hydrogens is 359 g/mol. The zero-order valence-corrected chi connectivity index (χ0v) is 15.7. The number of nitrogens with one attached hydrogen (secondary N) is 1. The SMILES string of the molecule is COc1ccc([C@H]2NC(=O)N(c3ccccc3)[P@]2(=O)c2ccccc2)cc1. The van der Waals surface area contributed by atoms with Crippen molar-refractivity contribution in [1.29, 1.82) is 0 Å². The number of hydrogen-bond donors (Lipinski definition) is 1. The van der Waals surface area contributed by atoms with Crippen LogP contribution in [0.1, 0.15) is 11.3 Å². The van der Waals surface area contributed by atoms with Gasteiger partial charge in [-0.05, 0) is 42.0 Å². The summed E-state index contributed by atoms with van der Waals surface area (Å²) in [6, 6.07) is 25.2. The van der Waals surface area contributed by atoms with Crippen LogP contribution in [0, 0.1) is 0 Å². The largest absolute Gasteiger partial charge is 0.497 e. The molecule has 3 aromatic carbocycles. The molecule has 3 aromatic rings. The molecule has 1 aliphatic heterocycles. The Morgan fingerprint density at radius 1 is 0.889 bits per heavy atom. The van der Waals surface area contributed by atoms with E-state index in [1.807, 2.05) is 72.8 Å². The third kappa shape index (κ3) is 2.90. The van der Waals surface area contributed by atoms with Crippen LogP contribution in [0.15, 0.2) is 84.9 Å². The van der Waals surface area contributed by atoms with Crippen molar-refractivity contribution in [3.8, 4) is 5.75 Å². The molecule has 0 aliphatic carbocycles. The molecule has 5 nitrogen and oxygen atoms in total. The molecule has 0 radical (unpaired) electrons. The number of carbonyl (C=O) groups is 1. The highest BCUT2D eigenvalue weighted by Gasteiger charge is 2.51. The number of amides is 2. The van der Waals surface area contributed by atoms with Gasteiger partial charge in [0.15, 0.2) is 0 Å². The lowest BCUT2D eigenvalue weighted by molar-refractivity contribution is 0.251. The number of anilines is 1. The van der Waals surface area contributed by atoms with Crippen LogP contribution >= 0.6 is 7.29 Å². The molecular formula is C21H19N2O3P. The average Bonchev–Trinajstić information content (AvgIpc) is 3.01. The van der Waals surface area contributed by atoms with Gasteiger partial charge in [0.05, 0.1) is 12.8 Å². The fraction of sp³-hybridized carbons (Fsp3) is 0.0952. The second-order valence-corrected chi connectivity index (χ2v) is 8.91. The molecule has 6 heteroatoms. The second-order valence-electron chi connectivity index (χ2n) is 6.23. The standard InChI is InChI=1S/C21H19N2O3P/c1-26-18-14-12-16(13-15-18)20-22-21(24)23(17-8-4-2-5-9-17)27(20,25)19-10-6-3-7-11-19/h2-15,20H,1H3,(H,22,24)/t20-,27-/m0/s1. The lowest BCUT2D eigenvalue weighted by Crippen LogP contribution is -2.28. The molecule has 1 saturated heterocycles. The van der Waals surface area contributed by atoms with Gasteiger partial charge < -0.3 is 10.1 Å². The molecule has 1 N–H and O–H groups in total. The van der Waals surface area contributed by atoms with Gasteiger partial charge in [0.2, 0.25) is 7.29 Å². The minimum atomic E-state index is -3.33. The summed E-state index contributed by atoms with van der Waals surface area (Å²) in [5.74, 6) is 0.0658. The molecule has 0 unspecified atom stereocenters. The molecule has 4 rings (SSSR count). The van der Waals surface area contributed by atoms with Crippen molar-refractivity contribution in [2.45, 2.75) is 5.78 Å². The second kappa shape index (κ2) is 6.93. The highest BCUT2D eigenvalue weighted by atomic mass is 31.2. The van der Waals surface area contributed by atoms with Crippen LogP contribution in [-0.2, 0) is 4.57 Å². The Morgan fingerprint density at radius 2 is 1.48 bits per heavy atom. The molecule has 0 spiro atoms. The minimum absolute atomic E-state index is 0.366. The van der Waals surface area contributed by atoms with Crippen LogP contribution in [0.25, 0.3) is 0 Å². The van der Waals surface area contributed by atoms with Gasteiger partial charge in [0, 0.05) is 5.30 Å². The fourth-order valence-corrected chi connectivity index (χ4v) is 6.38. The van der Waals surface area contributed by atoms with Crippen molar-refractivity contribution in [2.24, 2.45) is 0 Å². The first-order chi connectivity index (χ1) is 13.1. The van der Waals surface area contributed by atoms with E-state index in [1.54, 1.807) is 19.2 Å². The van der Waals surface area contributed by atoms with Gasteiger partial charge in [0.1, 0.15) is 11.5 Å². The molecule has 0 saturated carbocycles. The number of methoxy groups -OCH3 is 1. The van der Waals surface area contributed by atoms with E-state index in [0.29, 0.717) is 16.7 Å². The maximum atomic E-state index is 14.5. The van der Waals surface area contributed by atoms with Gasteiger partial charge in [-0.25, -0.2) is 9.46 Å². The average molecular weight is 378 g/mol. The summed E-state index contributed by atoms with van der Waals surface area (Å²) >= 11 is 0. The Kier molecular flexibility index (Phi) is 4.46. The zero-order chi connectivity index (χ0) is 18.9. The molecule has 1 heterocycles. The summed E-state index contributed by atoms with van der Waals surface area (Å²) in [5.41, 5.74) is 1.38. The lowest BCUT2D eigenvalue weighted by atomic mass is 10.2. The molecule has 136 valence electrons. The number of ether oxygens (including phenoxy) is 1. The maximum Gasteiger partial charge on any atom is 0.328 e. The normalized spacial score (nSPS) is 21.7. The Labute approximate surface area is 158 Å². The third-order valence-electron chi connectivity index (χ3n) is 4.66. The zero-order valence-electron chi connectivity index (χ0n) is 14.8. The van der Waals surface area contributed by atoms with Gasteiger partial charge in [-0.1, -0.05) is 48.5 Å². The highest BCUT2D eigenvalue weighted by molar-refractivity contribution is 7.74. The molecule has 1 fully saturated rings. The molecule has 0 aromatic heterocycles. The Hall–Kier alpha value is -3.04. The van der Waals surface area contributed by atoms with Crippen molar-refractivity contribution in [2.75, 3.05) is 11.8 Å². The minimum Gasteiger partial charge on any atom is -0.497 e. The van der Waals surface area contributed by atoms with Crippen LogP contribution in [0.3, 0.4) is 0 Å². The summed E-state index contributed by atoms with van der Waals surface area (Å²) in [7, 11) is -1.74. The lowest BCUT2D eigenvalue weighted by Gasteiger charge is -2.27. The van der Waals surface area contributed by atoms with E-state index >= 15 is 0 Å². The Balaban J connectivity index is 1.88. The van der Waals surface area contributed by atoms with Crippen LogP contribution in [0.2, 0.25) is 0 Å². The number of nitrogens with zero attached hydrogens (tertiary/aromatic N) is 1. The van der Waals surface area contributed by atoms with E-state index in [2.05, 4.69) is 5.32 Å². The van der Waals surface area contributed by atoms with Gasteiger partial charge in [-0.15, -0.1) is 0 Å². The topological polar surface area (TPSA) is 58.6 Å². The van der Waals surface area contributed by atoms with E-state index in [-0.39, 0.29) is 6.03 Å². The van der Waals surface area contributed by atoms with Gasteiger partial charge in [0.25, 0.3) is 0 Å². The molecule has 2 atom stereocenters. The maximum absolute atomic E-state index is 14.5. The van der Waals surface area contributed by atoms with Crippen LogP contribution in [-0.4, -0.2) is 13.1 Å². The molecule has 0 bridgehead atoms. The number of hydrogen-bond acceptors (Lipinski definition) is 3. The fourth-order valence-electron chi connectivity index (χ4n) is 3.35. The van der Waals surface area contributed by atoms with E-state index in [1.165, 1.54) is 4.67 Å². The van der Waals surface area contributed by atoms with Crippen LogP contribution < -0.4 is 20.0 Å². The third-order valence-corrected chi connectivity index (χ3v) is 7.83. The number of carbonyl (C=O) groups excluding carboxylic acids is 1. The highest BCUT2D eigenvalue weighted by Crippen LogP contribution is 2.64. The number of rotatable bonds is 4. The summed E-state index contributed by atoms with van der Waals surface area (Å²) < 4.78 is 21.1. The van der Waals surface area contributed by atoms with Gasteiger partial charge >= 0.3 is 6.03 Å². The van der Waals surface area contributed by atoms with E-state index in [9.17, 15) is 9.36 Å². The Morgan fingerprint density at radius 3 is 2.07 bits per heavy atom.